The van der Waals surface area contributed by atoms with Gasteiger partial charge in [0.05, 0.1) is 0 Å². The Morgan fingerprint density at radius 3 is 1.24 bits per heavy atom. The molecule has 0 heterocycles. The molecule has 0 bridgehead atoms. The van der Waals surface area contributed by atoms with E-state index in [4.69, 9.17) is 20.5 Å². The molecule has 0 fully saturated rings. The molecule has 2 aliphatic carbocycles. The molecule has 0 atom stereocenters. The van der Waals surface area contributed by atoms with E-state index in [0.717, 1.165) is 56.9 Å². The van der Waals surface area contributed by atoms with Gasteiger partial charge in [-0.25, -0.2) is 0 Å². The molecule has 0 aliphatic heterocycles. The number of allylic oxidation sites excluding steroid dienone is 4. The first kappa shape index (κ1) is 39.0. The molecule has 0 radical (unpaired) electrons. The van der Waals surface area contributed by atoms with Crippen LogP contribution >= 0.6 is 27.5 Å². The average Bonchev–Trinajstić information content (AvgIpc) is 3.15. The fourth-order valence-corrected chi connectivity index (χ4v) is 14.0. The van der Waals surface area contributed by atoms with Crippen LogP contribution in [0.3, 0.4) is 0 Å². The summed E-state index contributed by atoms with van der Waals surface area (Å²) in [7, 11) is -4.06. The minimum atomic E-state index is -2.05. The monoisotopic (exact) mass is 786 g/mol. The molecule has 3 aromatic carbocycles. The molecule has 0 saturated carbocycles. The second kappa shape index (κ2) is 15.4. The van der Waals surface area contributed by atoms with Gasteiger partial charge >= 0.3 is 0 Å². The molecular formula is C44H56BrClO2Si2. The van der Waals surface area contributed by atoms with E-state index in [2.05, 4.69) is 181 Å². The Bertz CT molecular complexity index is 1690. The molecule has 0 spiro atoms. The predicted octanol–water partition coefficient (Wildman–Crippen LogP) is 13.7. The Balaban J connectivity index is 1.56. The molecule has 5 rings (SSSR count). The first-order chi connectivity index (χ1) is 23.8. The van der Waals surface area contributed by atoms with E-state index < -0.39 is 27.8 Å². The zero-order chi connectivity index (χ0) is 36.3. The molecule has 6 heteroatoms. The van der Waals surface area contributed by atoms with Crippen molar-refractivity contribution in [1.29, 1.82) is 0 Å². The van der Waals surface area contributed by atoms with Crippen molar-refractivity contribution in [3.8, 4) is 0 Å². The van der Waals surface area contributed by atoms with Gasteiger partial charge in [-0.3, -0.25) is 0 Å². The molecule has 3 aromatic rings. The van der Waals surface area contributed by atoms with Gasteiger partial charge in [0.15, 0.2) is 16.6 Å². The van der Waals surface area contributed by atoms with Gasteiger partial charge in [0.25, 0.3) is 0 Å². The van der Waals surface area contributed by atoms with Crippen molar-refractivity contribution in [3.05, 3.63) is 153 Å². The van der Waals surface area contributed by atoms with Gasteiger partial charge in [0.1, 0.15) is 11.2 Å². The van der Waals surface area contributed by atoms with Gasteiger partial charge in [0.2, 0.25) is 0 Å². The number of rotatable bonds is 14. The van der Waals surface area contributed by atoms with Crippen molar-refractivity contribution in [2.75, 3.05) is 0 Å². The molecule has 0 saturated heterocycles. The van der Waals surface area contributed by atoms with E-state index in [1.165, 1.54) is 11.1 Å². The Morgan fingerprint density at radius 2 is 0.860 bits per heavy atom. The molecule has 2 aliphatic rings. The van der Waals surface area contributed by atoms with Crippen molar-refractivity contribution >= 4 is 44.2 Å². The largest absolute Gasteiger partial charge is 0.401 e. The first-order valence-corrected chi connectivity index (χ1v) is 24.9. The summed E-state index contributed by atoms with van der Waals surface area (Å²) in [6.07, 6.45) is 18.6. The smallest absolute Gasteiger partial charge is 0.194 e. The van der Waals surface area contributed by atoms with Gasteiger partial charge in [-0.2, -0.15) is 0 Å². The van der Waals surface area contributed by atoms with Crippen molar-refractivity contribution < 1.29 is 8.85 Å². The van der Waals surface area contributed by atoms with Crippen LogP contribution in [-0.2, 0) is 30.9 Å². The van der Waals surface area contributed by atoms with Crippen LogP contribution in [0.15, 0.2) is 126 Å². The van der Waals surface area contributed by atoms with E-state index in [1.54, 1.807) is 0 Å². The minimum Gasteiger partial charge on any atom is -0.401 e. The standard InChI is InChI=1S/C44H56BrClO2Si2/c1-9-49(10-2,11-3)47-43(30-32-44(33-31-43,38-16-15-17-39(45)34-38)48-50(12-4,13-5)14-6)37-20-18-35(19-21-37)41(7)26-28-42(8,29-27-41)36-22-24-40(46)25-23-36/h15-34H,9-14H2,1-8H3. The number of hydrogen-bond acceptors (Lipinski definition) is 2. The van der Waals surface area contributed by atoms with Crippen LogP contribution in [0, 0.1) is 0 Å². The van der Waals surface area contributed by atoms with Crippen LogP contribution < -0.4 is 0 Å². The maximum Gasteiger partial charge on any atom is 0.194 e. The summed E-state index contributed by atoms with van der Waals surface area (Å²) in [6.45, 7) is 18.4. The zero-order valence-corrected chi connectivity index (χ0v) is 35.7. The predicted molar refractivity (Wildman–Crippen MR) is 223 cm³/mol. The van der Waals surface area contributed by atoms with E-state index in [1.807, 2.05) is 12.1 Å². The summed E-state index contributed by atoms with van der Waals surface area (Å²) in [4.78, 5) is 0. The topological polar surface area (TPSA) is 18.5 Å². The van der Waals surface area contributed by atoms with Gasteiger partial charge in [0, 0.05) is 20.3 Å². The molecule has 0 N–H and O–H groups in total. The fourth-order valence-electron chi connectivity index (χ4n) is 7.71. The number of hydrogen-bond donors (Lipinski definition) is 0. The Kier molecular flexibility index (Phi) is 12.0. The highest BCUT2D eigenvalue weighted by Gasteiger charge is 2.46. The average molecular weight is 788 g/mol. The highest BCUT2D eigenvalue weighted by molar-refractivity contribution is 9.10. The summed E-state index contributed by atoms with van der Waals surface area (Å²) in [5.74, 6) is 0. The summed E-state index contributed by atoms with van der Waals surface area (Å²) in [5, 5.41) is 0.761. The van der Waals surface area contributed by atoms with Gasteiger partial charge in [-0.05, 0) is 121 Å². The van der Waals surface area contributed by atoms with Gasteiger partial charge in [-0.15, -0.1) is 0 Å². The lowest BCUT2D eigenvalue weighted by Crippen LogP contribution is -2.48. The van der Waals surface area contributed by atoms with Gasteiger partial charge in [-0.1, -0.05) is 142 Å². The van der Waals surface area contributed by atoms with Crippen molar-refractivity contribution in [3.63, 3.8) is 0 Å². The maximum atomic E-state index is 7.53. The van der Waals surface area contributed by atoms with Crippen LogP contribution in [0.1, 0.15) is 77.6 Å². The van der Waals surface area contributed by atoms with Crippen LogP contribution in [0.25, 0.3) is 0 Å². The SMILES string of the molecule is CC[Si](CC)(CC)OC1(c2ccc(C3(C)C=CC(C)(c4ccc(Cl)cc4)C=C3)cc2)C=CC(O[Si](CC)(CC)CC)(c2cccc(Br)c2)C=C1. The van der Waals surface area contributed by atoms with Crippen molar-refractivity contribution in [2.24, 2.45) is 0 Å². The zero-order valence-electron chi connectivity index (χ0n) is 31.4. The second-order valence-electron chi connectivity index (χ2n) is 14.8. The quantitative estimate of drug-likeness (QED) is 0.120. The fraction of sp³-hybridized carbons (Fsp3) is 0.409. The van der Waals surface area contributed by atoms with Crippen LogP contribution in [0.2, 0.25) is 41.3 Å². The summed E-state index contributed by atoms with van der Waals surface area (Å²) >= 11 is 9.94. The van der Waals surface area contributed by atoms with Crippen LogP contribution in [0.4, 0.5) is 0 Å². The van der Waals surface area contributed by atoms with Crippen molar-refractivity contribution in [2.45, 2.75) is 114 Å². The van der Waals surface area contributed by atoms with E-state index in [-0.39, 0.29) is 10.8 Å². The number of benzene rings is 3. The van der Waals surface area contributed by atoms with E-state index in [0.29, 0.717) is 0 Å². The highest BCUT2D eigenvalue weighted by atomic mass is 79.9. The maximum absolute atomic E-state index is 7.53. The second-order valence-corrected chi connectivity index (χ2v) is 25.5. The molecule has 266 valence electrons. The van der Waals surface area contributed by atoms with Crippen molar-refractivity contribution in [1.82, 2.24) is 0 Å². The normalized spacial score (nSPS) is 26.4. The molecule has 0 unspecified atom stereocenters. The summed E-state index contributed by atoms with van der Waals surface area (Å²) < 4.78 is 16.0. The molecular weight excluding hydrogens is 732 g/mol. The molecule has 2 nitrogen and oxygen atoms in total. The third kappa shape index (κ3) is 7.60. The third-order valence-corrected chi connectivity index (χ3v) is 22.1. The lowest BCUT2D eigenvalue weighted by molar-refractivity contribution is 0.121. The molecule has 50 heavy (non-hydrogen) atoms. The van der Waals surface area contributed by atoms with Gasteiger partial charge < -0.3 is 8.85 Å². The van der Waals surface area contributed by atoms with E-state index in [9.17, 15) is 0 Å². The molecule has 0 aromatic heterocycles. The lowest BCUT2D eigenvalue weighted by atomic mass is 9.70. The Labute approximate surface area is 318 Å². The highest BCUT2D eigenvalue weighted by Crippen LogP contribution is 2.47. The minimum absolute atomic E-state index is 0.176. The summed E-state index contributed by atoms with van der Waals surface area (Å²) in [5.41, 5.74) is 3.08. The van der Waals surface area contributed by atoms with Crippen LogP contribution in [0.5, 0.6) is 0 Å². The van der Waals surface area contributed by atoms with Crippen LogP contribution in [-0.4, -0.2) is 16.6 Å². The molecule has 0 amide bonds. The lowest BCUT2D eigenvalue weighted by Gasteiger charge is -2.46. The Morgan fingerprint density at radius 1 is 0.500 bits per heavy atom. The number of halogens is 2. The first-order valence-electron chi connectivity index (χ1n) is 18.7. The third-order valence-electron chi connectivity index (χ3n) is 12.0. The Hall–Kier alpha value is -2.26. The summed E-state index contributed by atoms with van der Waals surface area (Å²) in [6, 6.07) is 32.5. The van der Waals surface area contributed by atoms with E-state index >= 15 is 0 Å².